The summed E-state index contributed by atoms with van der Waals surface area (Å²) in [7, 11) is -3.49. The Morgan fingerprint density at radius 2 is 2.09 bits per heavy atom. The van der Waals surface area contributed by atoms with Crippen molar-refractivity contribution in [2.24, 2.45) is 0 Å². The van der Waals surface area contributed by atoms with E-state index in [-0.39, 0.29) is 6.54 Å². The standard InChI is InChI=1S/C14H11BrN2O2S3/c15-13-3-4-14(21-13)22(18,19)17-8-10-6-11(9-16-7-10)12-2-1-5-20-12/h1-7,9,17H,8H2. The quantitative estimate of drug-likeness (QED) is 0.682. The summed E-state index contributed by atoms with van der Waals surface area (Å²) < 4.78 is 28.1. The Labute approximate surface area is 145 Å². The topological polar surface area (TPSA) is 59.1 Å². The first-order chi connectivity index (χ1) is 10.5. The second-order valence-electron chi connectivity index (χ2n) is 4.44. The van der Waals surface area contributed by atoms with Crippen LogP contribution in [0.2, 0.25) is 0 Å². The van der Waals surface area contributed by atoms with Gasteiger partial charge in [0.25, 0.3) is 0 Å². The molecule has 0 aliphatic carbocycles. The molecule has 0 saturated heterocycles. The van der Waals surface area contributed by atoms with Crippen molar-refractivity contribution in [2.45, 2.75) is 10.8 Å². The summed E-state index contributed by atoms with van der Waals surface area (Å²) in [6.45, 7) is 0.212. The number of pyridine rings is 1. The summed E-state index contributed by atoms with van der Waals surface area (Å²) in [4.78, 5) is 5.30. The molecule has 0 spiro atoms. The van der Waals surface area contributed by atoms with Crippen molar-refractivity contribution in [2.75, 3.05) is 0 Å². The molecule has 3 aromatic heterocycles. The number of nitrogens with one attached hydrogen (secondary N) is 1. The Morgan fingerprint density at radius 3 is 2.77 bits per heavy atom. The largest absolute Gasteiger partial charge is 0.264 e. The molecule has 0 radical (unpaired) electrons. The zero-order valence-electron chi connectivity index (χ0n) is 11.2. The van der Waals surface area contributed by atoms with Crippen molar-refractivity contribution >= 4 is 48.6 Å². The molecule has 0 saturated carbocycles. The summed E-state index contributed by atoms with van der Waals surface area (Å²) in [5.74, 6) is 0. The van der Waals surface area contributed by atoms with E-state index < -0.39 is 10.0 Å². The van der Waals surface area contributed by atoms with E-state index >= 15 is 0 Å². The van der Waals surface area contributed by atoms with Gasteiger partial charge < -0.3 is 0 Å². The summed E-state index contributed by atoms with van der Waals surface area (Å²) in [6, 6.07) is 9.24. The van der Waals surface area contributed by atoms with Gasteiger partial charge in [0.2, 0.25) is 10.0 Å². The van der Waals surface area contributed by atoms with Gasteiger partial charge in [-0.2, -0.15) is 0 Å². The van der Waals surface area contributed by atoms with Gasteiger partial charge in [0.15, 0.2) is 0 Å². The molecular weight excluding hydrogens is 404 g/mol. The number of nitrogens with zero attached hydrogens (tertiary/aromatic N) is 1. The first-order valence-corrected chi connectivity index (χ1v) is 10.2. The SMILES string of the molecule is O=S(=O)(NCc1cncc(-c2cccs2)c1)c1ccc(Br)s1. The molecular formula is C14H11BrN2O2S3. The van der Waals surface area contributed by atoms with E-state index in [2.05, 4.69) is 25.6 Å². The van der Waals surface area contributed by atoms with Crippen LogP contribution in [0.25, 0.3) is 10.4 Å². The van der Waals surface area contributed by atoms with Crippen molar-refractivity contribution in [1.29, 1.82) is 0 Å². The third kappa shape index (κ3) is 3.64. The van der Waals surface area contributed by atoms with Crippen LogP contribution in [0, 0.1) is 0 Å². The number of sulfonamides is 1. The van der Waals surface area contributed by atoms with E-state index in [1.165, 1.54) is 11.3 Å². The highest BCUT2D eigenvalue weighted by Gasteiger charge is 2.16. The highest BCUT2D eigenvalue weighted by atomic mass is 79.9. The molecule has 4 nitrogen and oxygen atoms in total. The highest BCUT2D eigenvalue weighted by molar-refractivity contribution is 9.11. The number of thiophene rings is 2. The number of hydrogen-bond donors (Lipinski definition) is 1. The fraction of sp³-hybridized carbons (Fsp3) is 0.0714. The van der Waals surface area contributed by atoms with Gasteiger partial charge in [0.05, 0.1) is 3.79 Å². The Balaban J connectivity index is 1.75. The molecule has 0 fully saturated rings. The summed E-state index contributed by atoms with van der Waals surface area (Å²) in [5.41, 5.74) is 1.82. The molecule has 3 rings (SSSR count). The normalized spacial score (nSPS) is 11.7. The minimum absolute atomic E-state index is 0.212. The van der Waals surface area contributed by atoms with Crippen LogP contribution in [0.4, 0.5) is 0 Å². The molecule has 0 unspecified atom stereocenters. The van der Waals surface area contributed by atoms with Crippen LogP contribution in [0.1, 0.15) is 5.56 Å². The molecule has 0 amide bonds. The average molecular weight is 415 g/mol. The second kappa shape index (κ2) is 6.59. The average Bonchev–Trinajstić information content (AvgIpc) is 3.17. The van der Waals surface area contributed by atoms with Crippen LogP contribution in [0.15, 0.2) is 56.1 Å². The van der Waals surface area contributed by atoms with Crippen LogP contribution in [0.3, 0.4) is 0 Å². The monoisotopic (exact) mass is 414 g/mol. The Bertz CT molecular complexity index is 873. The van der Waals surface area contributed by atoms with E-state index in [0.717, 1.165) is 19.8 Å². The van der Waals surface area contributed by atoms with Gasteiger partial charge in [-0.1, -0.05) is 6.07 Å². The number of hydrogen-bond acceptors (Lipinski definition) is 5. The fourth-order valence-corrected chi connectivity index (χ4v) is 5.63. The van der Waals surface area contributed by atoms with Crippen LogP contribution in [0.5, 0.6) is 0 Å². The zero-order valence-corrected chi connectivity index (χ0v) is 15.2. The first kappa shape index (κ1) is 15.8. The highest BCUT2D eigenvalue weighted by Crippen LogP contribution is 2.27. The predicted octanol–water partition coefficient (Wildman–Crippen LogP) is 4.11. The Hall–Kier alpha value is -1.06. The lowest BCUT2D eigenvalue weighted by Gasteiger charge is -2.06. The van der Waals surface area contributed by atoms with Gasteiger partial charge in [-0.3, -0.25) is 4.98 Å². The first-order valence-electron chi connectivity index (χ1n) is 6.27. The molecule has 0 atom stereocenters. The maximum Gasteiger partial charge on any atom is 0.250 e. The zero-order chi connectivity index (χ0) is 15.6. The maximum absolute atomic E-state index is 12.2. The van der Waals surface area contributed by atoms with Crippen molar-refractivity contribution < 1.29 is 8.42 Å². The minimum atomic E-state index is -3.49. The van der Waals surface area contributed by atoms with Crippen molar-refractivity contribution in [1.82, 2.24) is 9.71 Å². The van der Waals surface area contributed by atoms with Crippen LogP contribution in [-0.2, 0) is 16.6 Å². The van der Waals surface area contributed by atoms with E-state index in [9.17, 15) is 8.42 Å². The van der Waals surface area contributed by atoms with Gasteiger partial charge >= 0.3 is 0 Å². The summed E-state index contributed by atoms with van der Waals surface area (Å²) in [5, 5.41) is 2.00. The van der Waals surface area contributed by atoms with Gasteiger partial charge in [-0.15, -0.1) is 22.7 Å². The van der Waals surface area contributed by atoms with Gasteiger partial charge in [-0.25, -0.2) is 13.1 Å². The Kier molecular flexibility index (Phi) is 4.74. The molecule has 3 aromatic rings. The number of halogens is 1. The van der Waals surface area contributed by atoms with Crippen molar-refractivity contribution in [3.05, 3.63) is 57.5 Å². The third-order valence-electron chi connectivity index (χ3n) is 2.88. The van der Waals surface area contributed by atoms with Gasteiger partial charge in [0.1, 0.15) is 4.21 Å². The molecule has 1 N–H and O–H groups in total. The lowest BCUT2D eigenvalue weighted by Crippen LogP contribution is -2.22. The fourth-order valence-electron chi connectivity index (χ4n) is 1.85. The molecule has 8 heteroatoms. The minimum Gasteiger partial charge on any atom is -0.264 e. The molecule has 0 aliphatic rings. The molecule has 114 valence electrons. The van der Waals surface area contributed by atoms with E-state index in [1.54, 1.807) is 35.9 Å². The number of aromatic nitrogens is 1. The third-order valence-corrected chi connectivity index (χ3v) is 7.32. The van der Waals surface area contributed by atoms with Crippen LogP contribution < -0.4 is 4.72 Å². The molecule has 0 aromatic carbocycles. The molecule has 0 bridgehead atoms. The summed E-state index contributed by atoms with van der Waals surface area (Å²) >= 11 is 6.08. The lowest BCUT2D eigenvalue weighted by atomic mass is 10.2. The van der Waals surface area contributed by atoms with E-state index in [1.807, 2.05) is 23.6 Å². The van der Waals surface area contributed by atoms with Gasteiger partial charge in [-0.05, 0) is 51.1 Å². The van der Waals surface area contributed by atoms with E-state index in [0.29, 0.717) is 4.21 Å². The van der Waals surface area contributed by atoms with Crippen molar-refractivity contribution in [3.8, 4) is 10.4 Å². The molecule has 22 heavy (non-hydrogen) atoms. The van der Waals surface area contributed by atoms with Gasteiger partial charge in [0, 0.05) is 29.4 Å². The van der Waals surface area contributed by atoms with Crippen molar-refractivity contribution in [3.63, 3.8) is 0 Å². The summed E-state index contributed by atoms with van der Waals surface area (Å²) in [6.07, 6.45) is 3.45. The Morgan fingerprint density at radius 1 is 1.23 bits per heavy atom. The van der Waals surface area contributed by atoms with Crippen LogP contribution in [-0.4, -0.2) is 13.4 Å². The number of rotatable bonds is 5. The van der Waals surface area contributed by atoms with E-state index in [4.69, 9.17) is 0 Å². The van der Waals surface area contributed by atoms with Crippen LogP contribution >= 0.6 is 38.6 Å². The predicted molar refractivity (Wildman–Crippen MR) is 93.6 cm³/mol. The molecule has 0 aliphatic heterocycles. The molecule has 3 heterocycles. The second-order valence-corrected chi connectivity index (χ2v) is 9.85. The smallest absolute Gasteiger partial charge is 0.250 e. The lowest BCUT2D eigenvalue weighted by molar-refractivity contribution is 0.583. The maximum atomic E-state index is 12.2.